The highest BCUT2D eigenvalue weighted by Crippen LogP contribution is 2.45. The molecule has 3 unspecified atom stereocenters. The molecular formula is C23H24F8N6O. The van der Waals surface area contributed by atoms with E-state index in [1.165, 1.54) is 0 Å². The SMILES string of the molecule is NC(=O)CN1CCC(CNc2ncnc(N3CC(F)(F)CC3c3ccc(C(F)(F)F)cc3F)c2F)C(F)C1. The number of nitrogens with zero attached hydrogens (tertiary/aromatic N) is 4. The lowest BCUT2D eigenvalue weighted by Gasteiger charge is -2.34. The van der Waals surface area contributed by atoms with Gasteiger partial charge in [0.25, 0.3) is 5.92 Å². The number of carbonyl (C=O) groups excluding carboxylic acids is 1. The first-order valence-corrected chi connectivity index (χ1v) is 11.7. The average Bonchev–Trinajstić information content (AvgIpc) is 3.13. The van der Waals surface area contributed by atoms with Crippen LogP contribution in [0.25, 0.3) is 0 Å². The molecule has 1 aromatic heterocycles. The van der Waals surface area contributed by atoms with Crippen molar-refractivity contribution in [2.75, 3.05) is 42.9 Å². The fourth-order valence-corrected chi connectivity index (χ4v) is 4.81. The predicted molar refractivity (Wildman–Crippen MR) is 120 cm³/mol. The molecule has 1 aromatic carbocycles. The maximum Gasteiger partial charge on any atom is 0.416 e. The zero-order valence-corrected chi connectivity index (χ0v) is 19.8. The van der Waals surface area contributed by atoms with Crippen molar-refractivity contribution in [2.24, 2.45) is 11.7 Å². The Kier molecular flexibility index (Phi) is 7.68. The van der Waals surface area contributed by atoms with Gasteiger partial charge in [0.1, 0.15) is 18.3 Å². The van der Waals surface area contributed by atoms with Gasteiger partial charge in [-0.2, -0.15) is 17.6 Å². The zero-order valence-electron chi connectivity index (χ0n) is 19.8. The molecule has 1 amide bonds. The van der Waals surface area contributed by atoms with Crippen molar-refractivity contribution in [3.8, 4) is 0 Å². The molecular weight excluding hydrogens is 528 g/mol. The second kappa shape index (κ2) is 10.5. The van der Waals surface area contributed by atoms with E-state index in [2.05, 4.69) is 15.3 Å². The molecule has 3 heterocycles. The minimum absolute atomic E-state index is 0.0456. The molecule has 3 N–H and O–H groups in total. The van der Waals surface area contributed by atoms with E-state index < -0.39 is 83.5 Å². The van der Waals surface area contributed by atoms with Gasteiger partial charge >= 0.3 is 6.18 Å². The summed E-state index contributed by atoms with van der Waals surface area (Å²) < 4.78 is 112. The van der Waals surface area contributed by atoms with Crippen molar-refractivity contribution in [2.45, 2.75) is 37.2 Å². The lowest BCUT2D eigenvalue weighted by molar-refractivity contribution is -0.137. The summed E-state index contributed by atoms with van der Waals surface area (Å²) in [5.41, 5.74) is 3.37. The number of anilines is 2. The number of aromatic nitrogens is 2. The van der Waals surface area contributed by atoms with Crippen LogP contribution in [0.4, 0.5) is 46.8 Å². The lowest BCUT2D eigenvalue weighted by Crippen LogP contribution is -2.46. The number of benzene rings is 1. The summed E-state index contributed by atoms with van der Waals surface area (Å²) in [6.07, 6.45) is -5.96. The molecule has 38 heavy (non-hydrogen) atoms. The maximum atomic E-state index is 15.4. The molecule has 2 fully saturated rings. The Morgan fingerprint density at radius 2 is 1.95 bits per heavy atom. The minimum atomic E-state index is -4.84. The molecule has 2 aliphatic heterocycles. The number of primary amides is 1. The first kappa shape index (κ1) is 27.8. The Morgan fingerprint density at radius 1 is 1.21 bits per heavy atom. The van der Waals surface area contributed by atoms with Gasteiger partial charge in [0.05, 0.1) is 24.7 Å². The van der Waals surface area contributed by atoms with E-state index in [4.69, 9.17) is 5.73 Å². The number of nitrogens with one attached hydrogen (secondary N) is 1. The van der Waals surface area contributed by atoms with Crippen LogP contribution in [0.15, 0.2) is 24.5 Å². The van der Waals surface area contributed by atoms with Crippen LogP contribution in [0.5, 0.6) is 0 Å². The van der Waals surface area contributed by atoms with E-state index >= 15 is 4.39 Å². The highest BCUT2D eigenvalue weighted by atomic mass is 19.4. The molecule has 2 aromatic rings. The van der Waals surface area contributed by atoms with Gasteiger partial charge in [0.2, 0.25) is 11.7 Å². The lowest BCUT2D eigenvalue weighted by atomic mass is 9.95. The van der Waals surface area contributed by atoms with Crippen molar-refractivity contribution in [1.29, 1.82) is 0 Å². The Hall–Kier alpha value is -3.23. The molecule has 0 saturated carbocycles. The number of hydrogen-bond donors (Lipinski definition) is 2. The van der Waals surface area contributed by atoms with E-state index in [9.17, 15) is 35.5 Å². The Balaban J connectivity index is 1.53. The molecule has 0 radical (unpaired) electrons. The number of halogens is 8. The Labute approximate surface area is 212 Å². The first-order valence-electron chi connectivity index (χ1n) is 11.7. The molecule has 208 valence electrons. The molecule has 0 aliphatic carbocycles. The van der Waals surface area contributed by atoms with Crippen molar-refractivity contribution in [1.82, 2.24) is 14.9 Å². The monoisotopic (exact) mass is 552 g/mol. The summed E-state index contributed by atoms with van der Waals surface area (Å²) in [5, 5.41) is 2.65. The summed E-state index contributed by atoms with van der Waals surface area (Å²) in [4.78, 5) is 20.9. The third kappa shape index (κ3) is 6.08. The molecule has 3 atom stereocenters. The van der Waals surface area contributed by atoms with E-state index in [1.54, 1.807) is 4.90 Å². The van der Waals surface area contributed by atoms with Gasteiger partial charge in [-0.25, -0.2) is 27.5 Å². The van der Waals surface area contributed by atoms with Crippen molar-refractivity contribution in [3.05, 3.63) is 47.3 Å². The quantitative estimate of drug-likeness (QED) is 0.507. The number of amides is 1. The third-order valence-corrected chi connectivity index (χ3v) is 6.67. The number of hydrogen-bond acceptors (Lipinski definition) is 6. The van der Waals surface area contributed by atoms with Crippen molar-refractivity contribution < 1.29 is 39.9 Å². The summed E-state index contributed by atoms with van der Waals surface area (Å²) in [6, 6.07) is 0.0179. The summed E-state index contributed by atoms with van der Waals surface area (Å²) in [5.74, 6) is -8.08. The van der Waals surface area contributed by atoms with Crippen LogP contribution in [-0.4, -0.2) is 65.6 Å². The molecule has 0 bridgehead atoms. The van der Waals surface area contributed by atoms with E-state index in [0.29, 0.717) is 19.0 Å². The van der Waals surface area contributed by atoms with Crippen molar-refractivity contribution >= 4 is 17.5 Å². The fourth-order valence-electron chi connectivity index (χ4n) is 4.81. The first-order chi connectivity index (χ1) is 17.7. The Morgan fingerprint density at radius 3 is 2.58 bits per heavy atom. The van der Waals surface area contributed by atoms with Gasteiger partial charge in [-0.05, 0) is 25.1 Å². The van der Waals surface area contributed by atoms with Gasteiger partial charge < -0.3 is 16.0 Å². The molecule has 15 heteroatoms. The topological polar surface area (TPSA) is 87.4 Å². The smallest absolute Gasteiger partial charge is 0.369 e. The fraction of sp³-hybridized carbons (Fsp3) is 0.522. The van der Waals surface area contributed by atoms with E-state index in [-0.39, 0.29) is 25.7 Å². The predicted octanol–water partition coefficient (Wildman–Crippen LogP) is 3.92. The van der Waals surface area contributed by atoms with Gasteiger partial charge in [-0.3, -0.25) is 9.69 Å². The normalized spacial score (nSPS) is 24.0. The minimum Gasteiger partial charge on any atom is -0.369 e. The largest absolute Gasteiger partial charge is 0.416 e. The second-order valence-electron chi connectivity index (χ2n) is 9.44. The summed E-state index contributed by atoms with van der Waals surface area (Å²) in [7, 11) is 0. The average molecular weight is 552 g/mol. The molecule has 2 aliphatic rings. The van der Waals surface area contributed by atoms with Gasteiger partial charge in [0, 0.05) is 31.0 Å². The molecule has 7 nitrogen and oxygen atoms in total. The number of alkyl halides is 6. The zero-order chi connectivity index (χ0) is 27.8. The van der Waals surface area contributed by atoms with E-state index in [0.717, 1.165) is 17.3 Å². The molecule has 4 rings (SSSR count). The Bertz CT molecular complexity index is 1180. The standard InChI is InChI=1S/C23H24F8N6O/c24-15-5-13(23(29,30)31)1-2-14(15)17-6-22(27,28)10-37(17)21-19(26)20(34-11-35-21)33-7-12-3-4-36(8-16(12)25)9-18(32)38/h1-2,5,11-12,16-17H,3-4,6-10H2,(H2,32,38)(H,33,34,35). The summed E-state index contributed by atoms with van der Waals surface area (Å²) in [6.45, 7) is -0.874. The number of piperidine rings is 1. The van der Waals surface area contributed by atoms with Crippen LogP contribution in [0.2, 0.25) is 0 Å². The van der Waals surface area contributed by atoms with Gasteiger partial charge in [0.15, 0.2) is 11.6 Å². The number of likely N-dealkylation sites (tertiary alicyclic amines) is 1. The van der Waals surface area contributed by atoms with Crippen molar-refractivity contribution in [3.63, 3.8) is 0 Å². The molecule has 0 spiro atoms. The van der Waals surface area contributed by atoms with Crippen LogP contribution >= 0.6 is 0 Å². The highest BCUT2D eigenvalue weighted by Gasteiger charge is 2.48. The highest BCUT2D eigenvalue weighted by molar-refractivity contribution is 5.75. The summed E-state index contributed by atoms with van der Waals surface area (Å²) >= 11 is 0. The molecule has 2 saturated heterocycles. The maximum absolute atomic E-state index is 15.4. The van der Waals surface area contributed by atoms with Crippen LogP contribution in [0.1, 0.15) is 30.0 Å². The third-order valence-electron chi connectivity index (χ3n) is 6.67. The van der Waals surface area contributed by atoms with E-state index in [1.807, 2.05) is 0 Å². The van der Waals surface area contributed by atoms with Crippen LogP contribution in [0, 0.1) is 17.6 Å². The van der Waals surface area contributed by atoms with Gasteiger partial charge in [-0.1, -0.05) is 6.07 Å². The number of rotatable bonds is 7. The van der Waals surface area contributed by atoms with Crippen LogP contribution < -0.4 is 16.0 Å². The number of carbonyl (C=O) groups is 1. The number of nitrogens with two attached hydrogens (primary N) is 1. The van der Waals surface area contributed by atoms with Gasteiger partial charge in [-0.15, -0.1) is 0 Å². The van der Waals surface area contributed by atoms with Crippen LogP contribution in [-0.2, 0) is 11.0 Å². The second-order valence-corrected chi connectivity index (χ2v) is 9.44. The van der Waals surface area contributed by atoms with Crippen LogP contribution in [0.3, 0.4) is 0 Å².